The monoisotopic (exact) mass is 460 g/mol. The maximum atomic E-state index is 5.69. The molecule has 1 aliphatic rings. The van der Waals surface area contributed by atoms with Crippen LogP contribution in [0.25, 0.3) is 5.57 Å². The maximum Gasteiger partial charge on any atom is 0.129 e. The summed E-state index contributed by atoms with van der Waals surface area (Å²) in [5.74, 6) is 0.849. The van der Waals surface area contributed by atoms with Gasteiger partial charge in [0.2, 0.25) is 0 Å². The van der Waals surface area contributed by atoms with Crippen LogP contribution in [0.1, 0.15) is 38.8 Å². The molecular weight excluding hydrogens is 435 g/mol. The Bertz CT molecular complexity index is 884. The van der Waals surface area contributed by atoms with E-state index in [9.17, 15) is 0 Å². The fraction of sp³-hybridized carbons (Fsp3) is 0.318. The highest BCUT2D eigenvalue weighted by molar-refractivity contribution is 14.1. The van der Waals surface area contributed by atoms with Crippen LogP contribution in [0.3, 0.4) is 0 Å². The van der Waals surface area contributed by atoms with E-state index in [1.165, 1.54) is 16.8 Å². The highest BCUT2D eigenvalue weighted by atomic mass is 127. The SMILES string of the molecule is CCN1c2cc(OC)c(C=Nc3ccccc3I)cc2C(C)=CC1(C)C. The quantitative estimate of drug-likeness (QED) is 0.409. The van der Waals surface area contributed by atoms with Crippen molar-refractivity contribution in [3.05, 3.63) is 57.2 Å². The third-order valence-electron chi connectivity index (χ3n) is 4.84. The van der Waals surface area contributed by atoms with Crippen molar-refractivity contribution in [3.63, 3.8) is 0 Å². The van der Waals surface area contributed by atoms with Crippen LogP contribution in [-0.4, -0.2) is 25.4 Å². The molecule has 3 nitrogen and oxygen atoms in total. The second-order valence-electron chi connectivity index (χ2n) is 7.05. The zero-order valence-corrected chi connectivity index (χ0v) is 18.2. The molecule has 2 aromatic rings. The number of para-hydroxylation sites is 1. The third kappa shape index (κ3) is 3.52. The van der Waals surface area contributed by atoms with Gasteiger partial charge in [-0.25, -0.2) is 0 Å². The Morgan fingerprint density at radius 3 is 2.62 bits per heavy atom. The van der Waals surface area contributed by atoms with Crippen molar-refractivity contribution in [1.29, 1.82) is 0 Å². The van der Waals surface area contributed by atoms with Gasteiger partial charge in [-0.2, -0.15) is 0 Å². The molecule has 1 aliphatic heterocycles. The summed E-state index contributed by atoms with van der Waals surface area (Å²) in [4.78, 5) is 7.10. The Labute approximate surface area is 169 Å². The molecule has 1 heterocycles. The van der Waals surface area contributed by atoms with E-state index in [0.717, 1.165) is 27.1 Å². The molecule has 0 aromatic heterocycles. The van der Waals surface area contributed by atoms with Crippen molar-refractivity contribution in [2.45, 2.75) is 33.2 Å². The molecule has 0 radical (unpaired) electrons. The number of ether oxygens (including phenoxy) is 1. The van der Waals surface area contributed by atoms with Gasteiger partial charge < -0.3 is 9.64 Å². The lowest BCUT2D eigenvalue weighted by Gasteiger charge is -2.43. The van der Waals surface area contributed by atoms with Crippen molar-refractivity contribution in [2.24, 2.45) is 4.99 Å². The molecule has 0 unspecified atom stereocenters. The lowest BCUT2D eigenvalue weighted by atomic mass is 9.88. The van der Waals surface area contributed by atoms with E-state index in [1.54, 1.807) is 7.11 Å². The van der Waals surface area contributed by atoms with E-state index in [0.29, 0.717) is 0 Å². The number of fused-ring (bicyclic) bond motifs is 1. The average Bonchev–Trinajstić information content (AvgIpc) is 2.60. The minimum atomic E-state index is -0.00734. The molecule has 0 atom stereocenters. The maximum absolute atomic E-state index is 5.69. The number of methoxy groups -OCH3 is 1. The number of hydrogen-bond acceptors (Lipinski definition) is 3. The summed E-state index contributed by atoms with van der Waals surface area (Å²) in [7, 11) is 1.72. The number of aliphatic imine (C=N–C) groups is 1. The minimum Gasteiger partial charge on any atom is -0.496 e. The summed E-state index contributed by atoms with van der Waals surface area (Å²) in [6, 6.07) is 12.5. The lowest BCUT2D eigenvalue weighted by Crippen LogP contribution is -2.44. The summed E-state index contributed by atoms with van der Waals surface area (Å²) in [5.41, 5.74) is 5.72. The van der Waals surface area contributed by atoms with E-state index in [1.807, 2.05) is 24.4 Å². The van der Waals surface area contributed by atoms with Gasteiger partial charge in [-0.15, -0.1) is 0 Å². The van der Waals surface area contributed by atoms with Crippen molar-refractivity contribution >= 4 is 45.8 Å². The van der Waals surface area contributed by atoms with Crippen molar-refractivity contribution in [2.75, 3.05) is 18.6 Å². The highest BCUT2D eigenvalue weighted by Crippen LogP contribution is 2.41. The zero-order chi connectivity index (χ0) is 18.9. The first-order chi connectivity index (χ1) is 12.4. The molecule has 0 amide bonds. The van der Waals surface area contributed by atoms with E-state index < -0.39 is 0 Å². The van der Waals surface area contributed by atoms with Crippen LogP contribution in [0, 0.1) is 3.57 Å². The van der Waals surface area contributed by atoms with Crippen LogP contribution in [0.2, 0.25) is 0 Å². The largest absolute Gasteiger partial charge is 0.496 e. The molecule has 26 heavy (non-hydrogen) atoms. The number of halogens is 1. The van der Waals surface area contributed by atoms with Gasteiger partial charge in [-0.3, -0.25) is 4.99 Å². The number of rotatable bonds is 4. The molecule has 0 saturated carbocycles. The Hall–Kier alpha value is -1.82. The summed E-state index contributed by atoms with van der Waals surface area (Å²) in [5, 5.41) is 0. The molecule has 0 aliphatic carbocycles. The topological polar surface area (TPSA) is 24.8 Å². The van der Waals surface area contributed by atoms with Crippen molar-refractivity contribution in [1.82, 2.24) is 0 Å². The predicted octanol–water partition coefficient (Wildman–Crippen LogP) is 6.07. The number of allylic oxidation sites excluding steroid dienone is 1. The van der Waals surface area contributed by atoms with Crippen molar-refractivity contribution in [3.8, 4) is 5.75 Å². The smallest absolute Gasteiger partial charge is 0.129 e. The molecule has 0 saturated heterocycles. The standard InChI is InChI=1S/C22H25IN2O/c1-6-25-20-12-21(26-5)16(11-17(20)15(2)13-22(25,3)4)14-24-19-10-8-7-9-18(19)23/h7-14H,6H2,1-5H3. The lowest BCUT2D eigenvalue weighted by molar-refractivity contribution is 0.413. The predicted molar refractivity (Wildman–Crippen MR) is 120 cm³/mol. The van der Waals surface area contributed by atoms with Crippen LogP contribution in [0.5, 0.6) is 5.75 Å². The summed E-state index contributed by atoms with van der Waals surface area (Å²) in [6.45, 7) is 9.83. The van der Waals surface area contributed by atoms with Gasteiger partial charge in [-0.1, -0.05) is 18.2 Å². The first-order valence-electron chi connectivity index (χ1n) is 8.85. The van der Waals surface area contributed by atoms with Gasteiger partial charge in [-0.05, 0) is 74.1 Å². The normalized spacial score (nSPS) is 15.8. The third-order valence-corrected chi connectivity index (χ3v) is 5.75. The van der Waals surface area contributed by atoms with Gasteiger partial charge in [0, 0.05) is 39.2 Å². The molecule has 0 fully saturated rings. The molecule has 0 N–H and O–H groups in total. The zero-order valence-electron chi connectivity index (χ0n) is 16.0. The molecular formula is C22H25IN2O. The summed E-state index contributed by atoms with van der Waals surface area (Å²) in [6.07, 6.45) is 4.24. The second kappa shape index (κ2) is 7.43. The van der Waals surface area contributed by atoms with Crippen LogP contribution >= 0.6 is 22.6 Å². The molecule has 3 rings (SSSR count). The van der Waals surface area contributed by atoms with E-state index in [2.05, 4.69) is 84.5 Å². The van der Waals surface area contributed by atoms with Gasteiger partial charge in [0.25, 0.3) is 0 Å². The molecule has 0 spiro atoms. The van der Waals surface area contributed by atoms with E-state index >= 15 is 0 Å². The number of hydrogen-bond donors (Lipinski definition) is 0. The molecule has 136 valence electrons. The Balaban J connectivity index is 2.09. The van der Waals surface area contributed by atoms with Gasteiger partial charge in [0.15, 0.2) is 0 Å². The highest BCUT2D eigenvalue weighted by Gasteiger charge is 2.31. The Morgan fingerprint density at radius 1 is 1.23 bits per heavy atom. The van der Waals surface area contributed by atoms with Gasteiger partial charge >= 0.3 is 0 Å². The fourth-order valence-corrected chi connectivity index (χ4v) is 4.20. The summed E-state index contributed by atoms with van der Waals surface area (Å²) < 4.78 is 6.82. The fourth-order valence-electron chi connectivity index (χ4n) is 3.67. The number of nitrogens with zero attached hydrogens (tertiary/aromatic N) is 2. The van der Waals surface area contributed by atoms with E-state index in [4.69, 9.17) is 4.74 Å². The first-order valence-corrected chi connectivity index (χ1v) is 9.93. The molecule has 0 bridgehead atoms. The Morgan fingerprint density at radius 2 is 1.96 bits per heavy atom. The first kappa shape index (κ1) is 19.0. The summed E-state index contributed by atoms with van der Waals surface area (Å²) >= 11 is 2.31. The van der Waals surface area contributed by atoms with Crippen molar-refractivity contribution < 1.29 is 4.74 Å². The van der Waals surface area contributed by atoms with Gasteiger partial charge in [0.1, 0.15) is 5.75 Å². The number of likely N-dealkylation sites (N-methyl/N-ethyl adjacent to an activating group) is 1. The molecule has 2 aromatic carbocycles. The minimum absolute atomic E-state index is 0.00734. The van der Waals surface area contributed by atoms with Crippen LogP contribution in [0.4, 0.5) is 11.4 Å². The van der Waals surface area contributed by atoms with Gasteiger partial charge in [0.05, 0.1) is 18.3 Å². The molecule has 4 heteroatoms. The average molecular weight is 460 g/mol. The van der Waals surface area contributed by atoms with Crippen LogP contribution in [0.15, 0.2) is 47.5 Å². The number of anilines is 1. The van der Waals surface area contributed by atoms with Crippen LogP contribution < -0.4 is 9.64 Å². The van der Waals surface area contributed by atoms with Crippen LogP contribution in [-0.2, 0) is 0 Å². The second-order valence-corrected chi connectivity index (χ2v) is 8.21. The number of benzene rings is 2. The van der Waals surface area contributed by atoms with E-state index in [-0.39, 0.29) is 5.54 Å². The Kier molecular flexibility index (Phi) is 5.42.